The zero-order valence-corrected chi connectivity index (χ0v) is 44.4. The summed E-state index contributed by atoms with van der Waals surface area (Å²) in [6, 6.07) is 20.4. The first-order valence-electron chi connectivity index (χ1n) is 28.9. The molecule has 3 aromatic carbocycles. The van der Waals surface area contributed by atoms with E-state index in [0.717, 1.165) is 59.9 Å². The van der Waals surface area contributed by atoms with Crippen molar-refractivity contribution in [3.05, 3.63) is 118 Å². The summed E-state index contributed by atoms with van der Waals surface area (Å²) in [4.78, 5) is 32.3. The van der Waals surface area contributed by atoms with Gasteiger partial charge in [0, 0.05) is 61.5 Å². The number of allylic oxidation sites excluding steroid dienone is 2. The number of methoxy groups -OCH3 is 1. The molecule has 2 aliphatic heterocycles. The van der Waals surface area contributed by atoms with Crippen molar-refractivity contribution in [2.45, 2.75) is 145 Å². The molecule has 402 valence electrons. The molecular formula is C64H79N5O7. The Morgan fingerprint density at radius 3 is 2.58 bits per heavy atom. The molecule has 0 radical (unpaired) electrons. The molecule has 0 unspecified atom stereocenters. The van der Waals surface area contributed by atoms with Gasteiger partial charge < -0.3 is 51.8 Å². The average molecular weight is 1030 g/mol. The minimum absolute atomic E-state index is 0.0333. The van der Waals surface area contributed by atoms with Crippen molar-refractivity contribution in [2.75, 3.05) is 33.3 Å². The third kappa shape index (κ3) is 8.81. The van der Waals surface area contributed by atoms with Crippen LogP contribution in [0.15, 0.2) is 90.4 Å². The van der Waals surface area contributed by atoms with Gasteiger partial charge in [-0.15, -0.1) is 0 Å². The van der Waals surface area contributed by atoms with Crippen molar-refractivity contribution >= 4 is 22.3 Å². The van der Waals surface area contributed by atoms with E-state index in [1.54, 1.807) is 12.1 Å². The molecule has 5 fully saturated rings. The number of dihydropyridines is 1. The number of rotatable bonds is 13. The molecule has 8 aliphatic rings. The molecule has 0 amide bonds. The SMILES string of the molecule is CCCNC[C@H]1[C@H]2c3[nH]ccc3[C@@H]3CC(=O)C[C@H]4NC[C@H]([C@@H]2[C@H]43)C2(CCCC2)[C@H]1[C@@H]1CC[C@@]2(C#C[C@@H](C[C@H](O)[C@H](O)C[C@H](C3=CCNC(N)=C3)c3ccc4ccccc4c3)c3cc(O)c(OC)cc3CCC2=O)[C@H](O)C1. The number of carbonyl (C=O) groups is 2. The number of aliphatic hydroxyl groups is 3. The fourth-order valence-corrected chi connectivity index (χ4v) is 17.6. The fourth-order valence-electron chi connectivity index (χ4n) is 17.6. The lowest BCUT2D eigenvalue weighted by atomic mass is 9.39. The first kappa shape index (κ1) is 51.3. The summed E-state index contributed by atoms with van der Waals surface area (Å²) in [7, 11) is 1.50. The molecule has 15 atom stereocenters. The molecule has 6 aliphatic carbocycles. The van der Waals surface area contributed by atoms with Crippen LogP contribution in [0.1, 0.15) is 142 Å². The van der Waals surface area contributed by atoms with Crippen LogP contribution in [0.3, 0.4) is 0 Å². The van der Waals surface area contributed by atoms with E-state index in [9.17, 15) is 25.2 Å². The molecule has 4 aromatic rings. The van der Waals surface area contributed by atoms with Gasteiger partial charge in [0.05, 0.1) is 31.2 Å². The molecular weight excluding hydrogens is 951 g/mol. The Bertz CT molecular complexity index is 2980. The van der Waals surface area contributed by atoms with E-state index in [2.05, 4.69) is 88.4 Å². The van der Waals surface area contributed by atoms with E-state index in [4.69, 9.17) is 10.5 Å². The van der Waals surface area contributed by atoms with Crippen LogP contribution in [-0.2, 0) is 16.0 Å². The lowest BCUT2D eigenvalue weighted by Crippen LogP contribution is -2.68. The van der Waals surface area contributed by atoms with Gasteiger partial charge in [0.25, 0.3) is 0 Å². The second kappa shape index (κ2) is 20.8. The number of phenols is 1. The Morgan fingerprint density at radius 1 is 0.961 bits per heavy atom. The number of ether oxygens (including phenoxy) is 1. The van der Waals surface area contributed by atoms with E-state index < -0.39 is 29.6 Å². The normalized spacial score (nSPS) is 33.5. The number of aromatic amines is 1. The van der Waals surface area contributed by atoms with Crippen molar-refractivity contribution in [3.8, 4) is 23.3 Å². The third-order valence-electron chi connectivity index (χ3n) is 20.8. The molecule has 12 nitrogen and oxygen atoms in total. The van der Waals surface area contributed by atoms with E-state index in [1.807, 2.05) is 18.2 Å². The topological polar surface area (TPSA) is 202 Å². The van der Waals surface area contributed by atoms with Crippen LogP contribution in [0.2, 0.25) is 0 Å². The number of nitrogens with one attached hydrogen (secondary N) is 4. The second-order valence-corrected chi connectivity index (χ2v) is 24.5. The van der Waals surface area contributed by atoms with Gasteiger partial charge in [-0.1, -0.05) is 80.1 Å². The molecule has 3 heterocycles. The largest absolute Gasteiger partial charge is 0.504 e. The highest BCUT2D eigenvalue weighted by molar-refractivity contribution is 5.89. The number of aryl methyl sites for hydroxylation is 1. The van der Waals surface area contributed by atoms with Crippen molar-refractivity contribution in [1.82, 2.24) is 20.9 Å². The van der Waals surface area contributed by atoms with Crippen LogP contribution in [0.4, 0.5) is 0 Å². The molecule has 2 spiro atoms. The lowest BCUT2D eigenvalue weighted by Gasteiger charge is -2.67. The molecule has 1 saturated heterocycles. The minimum Gasteiger partial charge on any atom is -0.504 e. The summed E-state index contributed by atoms with van der Waals surface area (Å²) < 4.78 is 5.60. The Labute approximate surface area is 448 Å². The maximum atomic E-state index is 15.1. The summed E-state index contributed by atoms with van der Waals surface area (Å²) in [6.45, 7) is 5.52. The number of ketones is 2. The molecule has 76 heavy (non-hydrogen) atoms. The van der Waals surface area contributed by atoms with Crippen molar-refractivity contribution in [2.24, 2.45) is 52.1 Å². The standard InChI is InChI=1S/C64H79N5O7/c1-3-22-66-34-48-59-60-49(35-69-50-31-43(70)30-47(58(50)60)44-17-24-68-62(44)59)63(18-6-7-19-63)61(48)42-15-21-64(56(75)28-42)20-14-40(46-33-53(73)54(76-2)27-39(46)12-13-55(64)74)26-51(71)52(72)32-45(41-16-23-67-57(65)29-41)38-11-10-36-8-4-5-9-37(36)25-38/h4-5,8-11,16-17,24-25,27,29,33,40,42,45,47-52,56,58-61,66-69,71-73,75H,3,6-7,12-13,15,18-19,21-23,26,28,30-32,34-35,65H2,1-2H3/t40-,42+,45-,47-,48-,49+,50+,51-,52+,56+,58-,59+,60+,61-,64+/m0/s1. The van der Waals surface area contributed by atoms with Crippen LogP contribution in [0.5, 0.6) is 11.5 Å². The van der Waals surface area contributed by atoms with E-state index >= 15 is 4.79 Å². The van der Waals surface area contributed by atoms with Gasteiger partial charge >= 0.3 is 0 Å². The zero-order chi connectivity index (χ0) is 52.5. The smallest absolute Gasteiger partial charge is 0.160 e. The van der Waals surface area contributed by atoms with E-state index in [-0.39, 0.29) is 65.8 Å². The number of carbonyl (C=O) groups excluding carboxylic acids is 2. The second-order valence-electron chi connectivity index (χ2n) is 24.5. The van der Waals surface area contributed by atoms with Crippen LogP contribution in [0.25, 0.3) is 10.8 Å². The Balaban J connectivity index is 0.872. The van der Waals surface area contributed by atoms with Crippen LogP contribution < -0.4 is 26.4 Å². The zero-order valence-electron chi connectivity index (χ0n) is 44.4. The number of nitrogens with two attached hydrogens (primary N) is 1. The quantitative estimate of drug-likeness (QED) is 0.0463. The highest BCUT2D eigenvalue weighted by atomic mass is 16.5. The monoisotopic (exact) mass is 1030 g/mol. The maximum Gasteiger partial charge on any atom is 0.160 e. The van der Waals surface area contributed by atoms with Gasteiger partial charge in [0.2, 0.25) is 0 Å². The Hall–Kier alpha value is -5.42. The number of H-pyrrole nitrogens is 1. The summed E-state index contributed by atoms with van der Waals surface area (Å²) in [5.41, 5.74) is 11.2. The summed E-state index contributed by atoms with van der Waals surface area (Å²) in [6.07, 6.45) is 12.1. The van der Waals surface area contributed by atoms with Gasteiger partial charge in [-0.3, -0.25) is 9.59 Å². The van der Waals surface area contributed by atoms with Crippen LogP contribution >= 0.6 is 0 Å². The number of aliphatic hydroxyl groups excluding tert-OH is 3. The maximum absolute atomic E-state index is 15.1. The van der Waals surface area contributed by atoms with E-state index in [1.165, 1.54) is 44.1 Å². The number of Topliss-reactive ketones (excluding diaryl/α,β-unsaturated/α-hetero) is 2. The lowest BCUT2D eigenvalue weighted by molar-refractivity contribution is -0.160. The molecule has 12 heteroatoms. The van der Waals surface area contributed by atoms with Gasteiger partial charge in [-0.25, -0.2) is 0 Å². The minimum atomic E-state index is -1.32. The summed E-state index contributed by atoms with van der Waals surface area (Å²) in [5.74, 6) is 9.74. The molecule has 4 saturated carbocycles. The van der Waals surface area contributed by atoms with Gasteiger partial charge in [0.1, 0.15) is 11.2 Å². The molecule has 12 rings (SSSR count). The number of piperidine rings is 1. The summed E-state index contributed by atoms with van der Waals surface area (Å²) in [5, 5.41) is 62.0. The Kier molecular flexibility index (Phi) is 14.0. The number of aromatic nitrogens is 1. The predicted octanol–water partition coefficient (Wildman–Crippen LogP) is 8.12. The number of hydrogen-bond acceptors (Lipinski definition) is 11. The number of hydrogen-bond donors (Lipinski definition) is 9. The van der Waals surface area contributed by atoms with Gasteiger partial charge in [-0.05, 0) is 187 Å². The number of aromatic hydroxyl groups is 1. The van der Waals surface area contributed by atoms with Crippen molar-refractivity contribution < 1.29 is 34.8 Å². The predicted molar refractivity (Wildman–Crippen MR) is 294 cm³/mol. The Morgan fingerprint density at radius 2 is 1.79 bits per heavy atom. The van der Waals surface area contributed by atoms with Crippen LogP contribution in [0, 0.1) is 58.2 Å². The number of benzene rings is 3. The number of phenolic OH excluding ortho intramolecular Hbond substituents is 1. The van der Waals surface area contributed by atoms with Gasteiger partial charge in [-0.2, -0.15) is 0 Å². The van der Waals surface area contributed by atoms with Crippen molar-refractivity contribution in [3.63, 3.8) is 0 Å². The molecule has 0 bridgehead atoms. The van der Waals surface area contributed by atoms with Gasteiger partial charge in [0.15, 0.2) is 17.3 Å². The summed E-state index contributed by atoms with van der Waals surface area (Å²) >= 11 is 0. The van der Waals surface area contributed by atoms with Crippen molar-refractivity contribution in [1.29, 1.82) is 0 Å². The van der Waals surface area contributed by atoms with Crippen LogP contribution in [-0.4, -0.2) is 94.6 Å². The molecule has 1 aromatic heterocycles. The third-order valence-corrected chi connectivity index (χ3v) is 20.8. The average Bonchev–Trinajstić information content (AvgIpc) is 4.15. The molecule has 10 N–H and O–H groups in total. The number of fused-ring (bicyclic) bond motifs is 6. The van der Waals surface area contributed by atoms with E-state index in [0.29, 0.717) is 91.3 Å². The highest BCUT2D eigenvalue weighted by Gasteiger charge is 2.68. The first-order chi connectivity index (χ1) is 36.9. The fraction of sp³-hybridized carbons (Fsp3) is 0.562. The first-order valence-corrected chi connectivity index (χ1v) is 28.9. The highest BCUT2D eigenvalue weighted by Crippen LogP contribution is 2.71.